The number of H-pyrrole nitrogens is 1. The number of hydrogen-bond donors (Lipinski definition) is 2. The number of aromatic amines is 1. The van der Waals surface area contributed by atoms with Crippen molar-refractivity contribution < 1.29 is 4.79 Å². The van der Waals surface area contributed by atoms with Gasteiger partial charge in [0.05, 0.1) is 23.9 Å². The summed E-state index contributed by atoms with van der Waals surface area (Å²) in [6.45, 7) is 5.24. The van der Waals surface area contributed by atoms with E-state index in [0.29, 0.717) is 18.9 Å². The van der Waals surface area contributed by atoms with Crippen molar-refractivity contribution >= 4 is 23.6 Å². The lowest BCUT2D eigenvalue weighted by Crippen LogP contribution is -2.26. The topological polar surface area (TPSA) is 99.7 Å². The number of nitrogens with zero attached hydrogens (tertiary/aromatic N) is 5. The van der Waals surface area contributed by atoms with E-state index < -0.39 is 0 Å². The summed E-state index contributed by atoms with van der Waals surface area (Å²) in [6.07, 6.45) is 9.22. The van der Waals surface area contributed by atoms with E-state index in [2.05, 4.69) is 30.2 Å². The average Bonchev–Trinajstić information content (AvgIpc) is 3.40. The minimum absolute atomic E-state index is 0.00432. The fraction of sp³-hybridized carbons (Fsp3) is 0.286. The maximum Gasteiger partial charge on any atom is 0.246 e. The predicted octanol–water partition coefficient (Wildman–Crippen LogP) is 2.98. The number of anilines is 2. The normalized spacial score (nSPS) is 16.5. The van der Waals surface area contributed by atoms with E-state index >= 15 is 0 Å². The monoisotopic (exact) mass is 389 g/mol. The van der Waals surface area contributed by atoms with Gasteiger partial charge in [0.25, 0.3) is 0 Å². The van der Waals surface area contributed by atoms with Crippen molar-refractivity contribution in [2.75, 3.05) is 18.4 Å². The number of imidazole rings is 1. The number of likely N-dealkylation sites (tertiary alicyclic amines) is 1. The lowest BCUT2D eigenvalue weighted by atomic mass is 10.0. The summed E-state index contributed by atoms with van der Waals surface area (Å²) in [5.41, 5.74) is 2.80. The number of carbonyl (C=O) groups is 1. The number of carbonyl (C=O) groups excluding carboxylic acids is 1. The molecule has 3 aromatic rings. The van der Waals surface area contributed by atoms with Gasteiger partial charge in [-0.05, 0) is 38.0 Å². The van der Waals surface area contributed by atoms with Crippen LogP contribution in [0.2, 0.25) is 0 Å². The number of rotatable bonds is 5. The van der Waals surface area contributed by atoms with Crippen LogP contribution in [0.3, 0.4) is 0 Å². The Kier molecular flexibility index (Phi) is 5.33. The van der Waals surface area contributed by atoms with E-state index in [1.54, 1.807) is 30.9 Å². The van der Waals surface area contributed by atoms with Gasteiger partial charge in [-0.15, -0.1) is 0 Å². The fourth-order valence-electron chi connectivity index (χ4n) is 3.43. The lowest BCUT2D eigenvalue weighted by molar-refractivity contribution is -0.124. The van der Waals surface area contributed by atoms with Crippen LogP contribution in [-0.4, -0.2) is 48.8 Å². The minimum atomic E-state index is -0.00432. The van der Waals surface area contributed by atoms with Crippen molar-refractivity contribution in [1.82, 2.24) is 29.8 Å². The highest BCUT2D eigenvalue weighted by Crippen LogP contribution is 2.28. The summed E-state index contributed by atoms with van der Waals surface area (Å²) in [4.78, 5) is 34.7. The zero-order chi connectivity index (χ0) is 20.2. The van der Waals surface area contributed by atoms with Gasteiger partial charge < -0.3 is 15.2 Å². The Balaban J connectivity index is 1.45. The summed E-state index contributed by atoms with van der Waals surface area (Å²) in [5.74, 6) is 2.38. The maximum absolute atomic E-state index is 12.5. The van der Waals surface area contributed by atoms with Crippen LogP contribution >= 0.6 is 0 Å². The van der Waals surface area contributed by atoms with E-state index in [1.807, 2.05) is 36.9 Å². The Bertz CT molecular complexity index is 1030. The number of nitrogens with one attached hydrogen (secondary N) is 2. The molecule has 1 amide bonds. The molecule has 2 N–H and O–H groups in total. The van der Waals surface area contributed by atoms with Gasteiger partial charge in [0.2, 0.25) is 5.91 Å². The second-order valence-electron chi connectivity index (χ2n) is 7.13. The van der Waals surface area contributed by atoms with Crippen molar-refractivity contribution in [3.63, 3.8) is 0 Å². The van der Waals surface area contributed by atoms with Crippen molar-refractivity contribution in [3.05, 3.63) is 65.8 Å². The van der Waals surface area contributed by atoms with Gasteiger partial charge in [-0.2, -0.15) is 0 Å². The fourth-order valence-corrected chi connectivity index (χ4v) is 3.43. The second kappa shape index (κ2) is 8.22. The first-order chi connectivity index (χ1) is 14.1. The van der Waals surface area contributed by atoms with Crippen LogP contribution in [0.5, 0.6) is 0 Å². The summed E-state index contributed by atoms with van der Waals surface area (Å²) in [5, 5.41) is 3.28. The Morgan fingerprint density at radius 3 is 3.03 bits per heavy atom. The molecule has 3 aromatic heterocycles. The van der Waals surface area contributed by atoms with Crippen molar-refractivity contribution in [1.29, 1.82) is 0 Å². The van der Waals surface area contributed by atoms with Gasteiger partial charge in [-0.1, -0.05) is 6.07 Å². The first kappa shape index (κ1) is 18.8. The SMILES string of the molecule is Cc1nc(Nc2ncccc2C)cc([C@H]2CCN(C(=O)/C=C/c3cnc[nH]3)C2)n1. The van der Waals surface area contributed by atoms with E-state index in [-0.39, 0.29) is 11.8 Å². The molecular formula is C21H23N7O. The molecule has 1 fully saturated rings. The van der Waals surface area contributed by atoms with Crippen LogP contribution < -0.4 is 5.32 Å². The highest BCUT2D eigenvalue weighted by molar-refractivity contribution is 5.91. The third-order valence-corrected chi connectivity index (χ3v) is 4.96. The van der Waals surface area contributed by atoms with Crippen molar-refractivity contribution in [3.8, 4) is 0 Å². The Labute approximate surface area is 169 Å². The number of pyridine rings is 1. The second-order valence-corrected chi connectivity index (χ2v) is 7.13. The summed E-state index contributed by atoms with van der Waals surface area (Å²) < 4.78 is 0. The third kappa shape index (κ3) is 4.48. The van der Waals surface area contributed by atoms with Crippen molar-refractivity contribution in [2.45, 2.75) is 26.2 Å². The average molecular weight is 389 g/mol. The highest BCUT2D eigenvalue weighted by atomic mass is 16.2. The molecule has 0 saturated carbocycles. The number of aromatic nitrogens is 5. The predicted molar refractivity (Wildman–Crippen MR) is 111 cm³/mol. The zero-order valence-corrected chi connectivity index (χ0v) is 16.5. The number of hydrogen-bond acceptors (Lipinski definition) is 6. The van der Waals surface area contributed by atoms with Crippen LogP contribution in [-0.2, 0) is 4.79 Å². The first-order valence-electron chi connectivity index (χ1n) is 9.58. The van der Waals surface area contributed by atoms with Crippen LogP contribution in [0.4, 0.5) is 11.6 Å². The minimum Gasteiger partial charge on any atom is -0.345 e. The van der Waals surface area contributed by atoms with Gasteiger partial charge in [0.15, 0.2) is 0 Å². The van der Waals surface area contributed by atoms with E-state index in [1.165, 1.54) is 0 Å². The molecule has 0 aromatic carbocycles. The molecule has 0 radical (unpaired) electrons. The van der Waals surface area contributed by atoms with Gasteiger partial charge in [-0.3, -0.25) is 4.79 Å². The molecule has 1 atom stereocenters. The van der Waals surface area contributed by atoms with Gasteiger partial charge in [0.1, 0.15) is 17.5 Å². The van der Waals surface area contributed by atoms with Crippen LogP contribution in [0, 0.1) is 13.8 Å². The van der Waals surface area contributed by atoms with Gasteiger partial charge in [0, 0.05) is 37.3 Å². The molecule has 0 aliphatic carbocycles. The van der Waals surface area contributed by atoms with Crippen LogP contribution in [0.25, 0.3) is 6.08 Å². The van der Waals surface area contributed by atoms with Crippen LogP contribution in [0.15, 0.2) is 43.0 Å². The molecule has 0 bridgehead atoms. The largest absolute Gasteiger partial charge is 0.345 e. The van der Waals surface area contributed by atoms with Crippen LogP contribution in [0.1, 0.15) is 35.1 Å². The summed E-state index contributed by atoms with van der Waals surface area (Å²) in [7, 11) is 0. The van der Waals surface area contributed by atoms with E-state index in [4.69, 9.17) is 0 Å². The quantitative estimate of drug-likeness (QED) is 0.651. The van der Waals surface area contributed by atoms with Gasteiger partial charge in [-0.25, -0.2) is 19.9 Å². The molecule has 1 saturated heterocycles. The summed E-state index contributed by atoms with van der Waals surface area (Å²) in [6, 6.07) is 5.86. The molecule has 29 heavy (non-hydrogen) atoms. The Morgan fingerprint density at radius 2 is 2.24 bits per heavy atom. The third-order valence-electron chi connectivity index (χ3n) is 4.96. The molecule has 1 aliphatic heterocycles. The molecule has 148 valence electrons. The molecule has 0 unspecified atom stereocenters. The smallest absolute Gasteiger partial charge is 0.246 e. The van der Waals surface area contributed by atoms with Gasteiger partial charge >= 0.3 is 0 Å². The van der Waals surface area contributed by atoms with Crippen molar-refractivity contribution in [2.24, 2.45) is 0 Å². The molecular weight excluding hydrogens is 366 g/mol. The highest BCUT2D eigenvalue weighted by Gasteiger charge is 2.27. The summed E-state index contributed by atoms with van der Waals surface area (Å²) >= 11 is 0. The van der Waals surface area contributed by atoms with E-state index in [0.717, 1.165) is 35.0 Å². The Morgan fingerprint density at radius 1 is 1.34 bits per heavy atom. The number of amides is 1. The molecule has 8 heteroatoms. The first-order valence-corrected chi connectivity index (χ1v) is 9.58. The molecule has 0 spiro atoms. The Hall–Kier alpha value is -3.55. The molecule has 8 nitrogen and oxygen atoms in total. The molecule has 4 rings (SSSR count). The van der Waals surface area contributed by atoms with E-state index in [9.17, 15) is 4.79 Å². The zero-order valence-electron chi connectivity index (χ0n) is 16.5. The number of aryl methyl sites for hydroxylation is 2. The molecule has 1 aliphatic rings. The lowest BCUT2D eigenvalue weighted by Gasteiger charge is -2.15. The maximum atomic E-state index is 12.5. The standard InChI is InChI=1S/C21H23N7O/c1-14-4-3-8-23-21(14)27-19-10-18(25-15(2)26-19)16-7-9-28(12-16)20(29)6-5-17-11-22-13-24-17/h3-6,8,10-11,13,16H,7,9,12H2,1-2H3,(H,22,24)(H,23,25,26,27)/b6-5+/t16-/m0/s1. The molecule has 4 heterocycles.